The number of aromatic amines is 1. The average Bonchev–Trinajstić information content (AvgIpc) is 2.79. The monoisotopic (exact) mass is 497 g/mol. The zero-order chi connectivity index (χ0) is 25.8. The highest BCUT2D eigenvalue weighted by atomic mass is 16.4. The lowest BCUT2D eigenvalue weighted by Gasteiger charge is -2.19. The summed E-state index contributed by atoms with van der Waals surface area (Å²) >= 11 is 0. The Kier molecular flexibility index (Phi) is 8.82. The Balaban J connectivity index is 0.00000456. The Bertz CT molecular complexity index is 1310. The lowest BCUT2D eigenvalue weighted by molar-refractivity contribution is -0.139. The summed E-state index contributed by atoms with van der Waals surface area (Å²) in [5, 5.41) is 15.0. The number of carboxylic acids is 1. The Hall–Kier alpha value is -4.35. The third-order valence-corrected chi connectivity index (χ3v) is 5.21. The molecule has 36 heavy (non-hydrogen) atoms. The number of nitrogen functional groups attached to an aromatic ring is 1. The molecule has 2 aromatic heterocycles. The van der Waals surface area contributed by atoms with Gasteiger partial charge in [-0.3, -0.25) is 19.4 Å². The quantitative estimate of drug-likeness (QED) is 0.292. The van der Waals surface area contributed by atoms with Crippen molar-refractivity contribution in [2.45, 2.75) is 53.6 Å². The standard InChI is InChI=1S/C23H27N7O5.CH4/c1-23(2,3)16(31)9-8-15(21(34)35)28-19(32)12-4-6-13(7-5-12)25-10-14-11-26-18-17(27-14)20(33)30-22(24)29-18;/h4-7,11,15,25H,8-10H2,1-3H3,(H,28,32)(H,34,35)(H3,24,26,29,30,33);1H4/t15-;/m0./s1. The Morgan fingerprint density at radius 3 is 2.42 bits per heavy atom. The van der Waals surface area contributed by atoms with Crippen LogP contribution in [0.1, 0.15) is 57.1 Å². The first kappa shape index (κ1) is 27.9. The molecule has 0 fully saturated rings. The smallest absolute Gasteiger partial charge is 0.326 e. The van der Waals surface area contributed by atoms with Crippen molar-refractivity contribution in [3.8, 4) is 0 Å². The molecule has 0 saturated heterocycles. The number of anilines is 2. The van der Waals surface area contributed by atoms with Gasteiger partial charge in [0, 0.05) is 23.1 Å². The summed E-state index contributed by atoms with van der Waals surface area (Å²) in [4.78, 5) is 62.8. The number of nitrogens with one attached hydrogen (secondary N) is 3. The molecule has 0 aliphatic rings. The van der Waals surface area contributed by atoms with Crippen LogP contribution in [0.25, 0.3) is 11.2 Å². The van der Waals surface area contributed by atoms with Crippen LogP contribution in [0, 0.1) is 5.41 Å². The summed E-state index contributed by atoms with van der Waals surface area (Å²) in [7, 11) is 0. The summed E-state index contributed by atoms with van der Waals surface area (Å²) in [6, 6.07) is 5.21. The first-order chi connectivity index (χ1) is 16.4. The van der Waals surface area contributed by atoms with Crippen molar-refractivity contribution >= 4 is 40.5 Å². The van der Waals surface area contributed by atoms with Crippen LogP contribution < -0.4 is 21.9 Å². The molecular weight excluding hydrogens is 466 g/mol. The van der Waals surface area contributed by atoms with Gasteiger partial charge in [0.15, 0.2) is 11.2 Å². The van der Waals surface area contributed by atoms with Gasteiger partial charge in [0.25, 0.3) is 11.5 Å². The van der Waals surface area contributed by atoms with Gasteiger partial charge in [0.1, 0.15) is 11.8 Å². The van der Waals surface area contributed by atoms with Crippen LogP contribution in [0.5, 0.6) is 0 Å². The molecular formula is C24H31N7O5. The van der Waals surface area contributed by atoms with Crippen LogP contribution in [0.2, 0.25) is 0 Å². The normalized spacial score (nSPS) is 11.9. The fourth-order valence-corrected chi connectivity index (χ4v) is 3.14. The molecule has 6 N–H and O–H groups in total. The number of hydrogen-bond donors (Lipinski definition) is 5. The Morgan fingerprint density at radius 1 is 1.14 bits per heavy atom. The molecule has 0 unspecified atom stereocenters. The number of aromatic nitrogens is 4. The van der Waals surface area contributed by atoms with Crippen LogP contribution in [-0.4, -0.2) is 48.7 Å². The molecule has 12 heteroatoms. The van der Waals surface area contributed by atoms with Crippen molar-refractivity contribution in [2.75, 3.05) is 11.1 Å². The zero-order valence-corrected chi connectivity index (χ0v) is 19.6. The van der Waals surface area contributed by atoms with E-state index in [0.29, 0.717) is 11.4 Å². The van der Waals surface area contributed by atoms with E-state index in [1.807, 2.05) is 0 Å². The molecule has 192 valence electrons. The number of benzene rings is 1. The number of carbonyl (C=O) groups is 3. The summed E-state index contributed by atoms with van der Waals surface area (Å²) in [6.45, 7) is 5.54. The average molecular weight is 498 g/mol. The Morgan fingerprint density at radius 2 is 1.81 bits per heavy atom. The number of rotatable bonds is 9. The van der Waals surface area contributed by atoms with Crippen molar-refractivity contribution in [1.82, 2.24) is 25.3 Å². The summed E-state index contributed by atoms with van der Waals surface area (Å²) < 4.78 is 0. The number of nitrogens with zero attached hydrogens (tertiary/aromatic N) is 3. The van der Waals surface area contributed by atoms with Crippen molar-refractivity contribution in [3.63, 3.8) is 0 Å². The van der Waals surface area contributed by atoms with E-state index in [1.54, 1.807) is 45.0 Å². The van der Waals surface area contributed by atoms with Gasteiger partial charge < -0.3 is 21.5 Å². The molecule has 0 radical (unpaired) electrons. The highest BCUT2D eigenvalue weighted by Crippen LogP contribution is 2.19. The minimum absolute atomic E-state index is 0. The second kappa shape index (κ2) is 11.4. The number of aliphatic carboxylic acids is 1. The van der Waals surface area contributed by atoms with Gasteiger partial charge in [0.05, 0.1) is 18.4 Å². The molecule has 0 aliphatic heterocycles. The highest BCUT2D eigenvalue weighted by molar-refractivity contribution is 5.97. The highest BCUT2D eigenvalue weighted by Gasteiger charge is 2.26. The second-order valence-electron chi connectivity index (χ2n) is 8.99. The van der Waals surface area contributed by atoms with E-state index in [4.69, 9.17) is 5.73 Å². The number of carboxylic acid groups (broad SMARTS) is 1. The SMILES string of the molecule is C.CC(C)(C)C(=O)CC[C@H](NC(=O)c1ccc(NCc2cnc3nc(N)[nH]c(=O)c3n2)cc1)C(=O)O. The summed E-state index contributed by atoms with van der Waals surface area (Å²) in [5.41, 5.74) is 6.08. The first-order valence-electron chi connectivity index (χ1n) is 10.9. The molecule has 0 aliphatic carbocycles. The number of fused-ring (bicyclic) bond motifs is 1. The van der Waals surface area contributed by atoms with Crippen molar-refractivity contribution < 1.29 is 19.5 Å². The molecule has 0 saturated carbocycles. The number of H-pyrrole nitrogens is 1. The van der Waals surface area contributed by atoms with Gasteiger partial charge >= 0.3 is 5.97 Å². The maximum Gasteiger partial charge on any atom is 0.326 e. The van der Waals surface area contributed by atoms with Gasteiger partial charge in [-0.05, 0) is 30.7 Å². The molecule has 3 aromatic rings. The number of Topliss-reactive ketones (excluding diaryl/α,β-unsaturated/α-hetero) is 1. The van der Waals surface area contributed by atoms with Gasteiger partial charge in [-0.1, -0.05) is 28.2 Å². The first-order valence-corrected chi connectivity index (χ1v) is 10.9. The maximum absolute atomic E-state index is 12.5. The predicted molar refractivity (Wildman–Crippen MR) is 135 cm³/mol. The zero-order valence-electron chi connectivity index (χ0n) is 19.6. The number of hydrogen-bond acceptors (Lipinski definition) is 9. The van der Waals surface area contributed by atoms with Crippen molar-refractivity contribution in [2.24, 2.45) is 5.41 Å². The largest absolute Gasteiger partial charge is 0.480 e. The molecule has 1 amide bonds. The molecule has 1 aromatic carbocycles. The second-order valence-corrected chi connectivity index (χ2v) is 8.99. The summed E-state index contributed by atoms with van der Waals surface area (Å²) in [6.07, 6.45) is 1.53. The lowest BCUT2D eigenvalue weighted by Crippen LogP contribution is -2.41. The fraction of sp³-hybridized carbons (Fsp3) is 0.375. The van der Waals surface area contributed by atoms with Crippen LogP contribution in [0.4, 0.5) is 11.6 Å². The molecule has 12 nitrogen and oxygen atoms in total. The lowest BCUT2D eigenvalue weighted by atomic mass is 9.87. The predicted octanol–water partition coefficient (Wildman–Crippen LogP) is 2.12. The van der Waals surface area contributed by atoms with Gasteiger partial charge in [-0.25, -0.2) is 14.8 Å². The summed E-state index contributed by atoms with van der Waals surface area (Å²) in [5.74, 6) is -1.88. The molecule has 3 rings (SSSR count). The maximum atomic E-state index is 12.5. The van der Waals surface area contributed by atoms with Crippen LogP contribution in [0.15, 0.2) is 35.3 Å². The number of carbonyl (C=O) groups excluding carboxylic acids is 2. The number of nitrogens with two attached hydrogens (primary N) is 1. The van der Waals surface area contributed by atoms with E-state index in [1.165, 1.54) is 6.20 Å². The van der Waals surface area contributed by atoms with E-state index in [-0.39, 0.29) is 55.3 Å². The van der Waals surface area contributed by atoms with E-state index in [2.05, 4.69) is 30.6 Å². The van der Waals surface area contributed by atoms with Crippen molar-refractivity contribution in [1.29, 1.82) is 0 Å². The number of ketones is 1. The molecule has 2 heterocycles. The minimum atomic E-state index is -1.20. The molecule has 1 atom stereocenters. The van der Waals surface area contributed by atoms with Crippen LogP contribution >= 0.6 is 0 Å². The molecule has 0 bridgehead atoms. The van der Waals surface area contributed by atoms with E-state index < -0.39 is 28.9 Å². The van der Waals surface area contributed by atoms with Crippen molar-refractivity contribution in [3.05, 3.63) is 52.1 Å². The van der Waals surface area contributed by atoms with E-state index in [9.17, 15) is 24.3 Å². The topological polar surface area (TPSA) is 193 Å². The Labute approximate surface area is 207 Å². The van der Waals surface area contributed by atoms with E-state index >= 15 is 0 Å². The van der Waals surface area contributed by atoms with Gasteiger partial charge in [0.2, 0.25) is 5.95 Å². The third kappa shape index (κ3) is 7.08. The minimum Gasteiger partial charge on any atom is -0.480 e. The molecule has 0 spiro atoms. The van der Waals surface area contributed by atoms with Gasteiger partial charge in [-0.15, -0.1) is 0 Å². The van der Waals surface area contributed by atoms with Crippen LogP contribution in [0.3, 0.4) is 0 Å². The van der Waals surface area contributed by atoms with Crippen LogP contribution in [-0.2, 0) is 16.1 Å². The third-order valence-electron chi connectivity index (χ3n) is 5.21. The fourth-order valence-electron chi connectivity index (χ4n) is 3.14. The van der Waals surface area contributed by atoms with E-state index in [0.717, 1.165) is 0 Å². The number of amides is 1. The van der Waals surface area contributed by atoms with Gasteiger partial charge in [-0.2, -0.15) is 4.98 Å².